The average Bonchev–Trinajstić information content (AvgIpc) is 2.33. The Bertz CT molecular complexity index is 413. The summed E-state index contributed by atoms with van der Waals surface area (Å²) in [5.74, 6) is 0.161. The zero-order valence-corrected chi connectivity index (χ0v) is 10.1. The van der Waals surface area contributed by atoms with Crippen LogP contribution in [0.25, 0.3) is 0 Å². The minimum Gasteiger partial charge on any atom is -0.370 e. The van der Waals surface area contributed by atoms with Gasteiger partial charge >= 0.3 is 6.18 Å². The van der Waals surface area contributed by atoms with Crippen LogP contribution in [0.2, 0.25) is 0 Å². The SMILES string of the molecule is CCCNC(N)=NCc1ccccc1C(F)(F)F. The zero-order chi connectivity index (χ0) is 13.6. The van der Waals surface area contributed by atoms with Crippen molar-refractivity contribution in [3.63, 3.8) is 0 Å². The van der Waals surface area contributed by atoms with Gasteiger partial charge in [0.25, 0.3) is 0 Å². The van der Waals surface area contributed by atoms with E-state index in [-0.39, 0.29) is 18.1 Å². The smallest absolute Gasteiger partial charge is 0.370 e. The van der Waals surface area contributed by atoms with Gasteiger partial charge in [-0.3, -0.25) is 0 Å². The molecular weight excluding hydrogens is 243 g/mol. The molecule has 3 N–H and O–H groups in total. The standard InChI is InChI=1S/C12H16F3N3/c1-2-7-17-11(16)18-8-9-5-3-4-6-10(9)12(13,14)15/h3-6H,2,7-8H2,1H3,(H3,16,17,18). The Labute approximate surface area is 104 Å². The van der Waals surface area contributed by atoms with Crippen molar-refractivity contribution < 1.29 is 13.2 Å². The fraction of sp³-hybridized carbons (Fsp3) is 0.417. The molecular formula is C12H16F3N3. The predicted molar refractivity (Wildman–Crippen MR) is 65.1 cm³/mol. The molecule has 0 saturated heterocycles. The van der Waals surface area contributed by atoms with Crippen molar-refractivity contribution in [1.29, 1.82) is 0 Å². The summed E-state index contributed by atoms with van der Waals surface area (Å²) in [6.07, 6.45) is -3.49. The van der Waals surface area contributed by atoms with Crippen LogP contribution in [0, 0.1) is 0 Å². The first-order valence-corrected chi connectivity index (χ1v) is 5.64. The van der Waals surface area contributed by atoms with Crippen molar-refractivity contribution in [3.05, 3.63) is 35.4 Å². The molecule has 1 aromatic carbocycles. The summed E-state index contributed by atoms with van der Waals surface area (Å²) in [5, 5.41) is 2.81. The highest BCUT2D eigenvalue weighted by Crippen LogP contribution is 2.32. The molecule has 0 saturated carbocycles. The molecule has 0 amide bonds. The van der Waals surface area contributed by atoms with E-state index < -0.39 is 11.7 Å². The second kappa shape index (κ2) is 6.28. The number of rotatable bonds is 4. The van der Waals surface area contributed by atoms with Crippen LogP contribution in [-0.2, 0) is 12.7 Å². The minimum absolute atomic E-state index is 0.0851. The van der Waals surface area contributed by atoms with E-state index in [4.69, 9.17) is 5.73 Å². The summed E-state index contributed by atoms with van der Waals surface area (Å²) < 4.78 is 38.0. The highest BCUT2D eigenvalue weighted by molar-refractivity contribution is 5.77. The lowest BCUT2D eigenvalue weighted by Gasteiger charge is -2.11. The van der Waals surface area contributed by atoms with Crippen LogP contribution in [0.1, 0.15) is 24.5 Å². The van der Waals surface area contributed by atoms with Gasteiger partial charge in [0.2, 0.25) is 0 Å². The van der Waals surface area contributed by atoms with Crippen LogP contribution >= 0.6 is 0 Å². The van der Waals surface area contributed by atoms with Crippen molar-refractivity contribution in [2.24, 2.45) is 10.7 Å². The van der Waals surface area contributed by atoms with Crippen molar-refractivity contribution in [2.75, 3.05) is 6.54 Å². The number of aliphatic imine (C=N–C) groups is 1. The molecule has 0 heterocycles. The van der Waals surface area contributed by atoms with E-state index in [1.807, 2.05) is 6.92 Å². The maximum absolute atomic E-state index is 12.7. The van der Waals surface area contributed by atoms with Gasteiger partial charge in [0, 0.05) is 6.54 Å². The van der Waals surface area contributed by atoms with Crippen LogP contribution in [-0.4, -0.2) is 12.5 Å². The van der Waals surface area contributed by atoms with Crippen LogP contribution in [0.5, 0.6) is 0 Å². The van der Waals surface area contributed by atoms with Crippen LogP contribution in [0.15, 0.2) is 29.3 Å². The summed E-state index contributed by atoms with van der Waals surface area (Å²) in [5.41, 5.74) is 4.97. The van der Waals surface area contributed by atoms with Crippen molar-refractivity contribution >= 4 is 5.96 Å². The van der Waals surface area contributed by atoms with Crippen molar-refractivity contribution in [3.8, 4) is 0 Å². The molecule has 1 aromatic rings. The number of guanidine groups is 1. The van der Waals surface area contributed by atoms with Crippen LogP contribution < -0.4 is 11.1 Å². The number of nitrogens with two attached hydrogens (primary N) is 1. The van der Waals surface area contributed by atoms with Gasteiger partial charge in [-0.15, -0.1) is 0 Å². The second-order valence-electron chi connectivity index (χ2n) is 3.78. The molecule has 0 atom stereocenters. The lowest BCUT2D eigenvalue weighted by molar-refractivity contribution is -0.138. The third-order valence-electron chi connectivity index (χ3n) is 2.30. The van der Waals surface area contributed by atoms with E-state index in [0.717, 1.165) is 12.5 Å². The van der Waals surface area contributed by atoms with Gasteiger partial charge < -0.3 is 11.1 Å². The van der Waals surface area contributed by atoms with Crippen molar-refractivity contribution in [2.45, 2.75) is 26.1 Å². The topological polar surface area (TPSA) is 50.4 Å². The summed E-state index contributed by atoms with van der Waals surface area (Å²) in [7, 11) is 0. The molecule has 1 rings (SSSR count). The number of alkyl halides is 3. The number of halogens is 3. The number of hydrogen-bond acceptors (Lipinski definition) is 1. The van der Waals surface area contributed by atoms with E-state index in [1.165, 1.54) is 12.1 Å². The largest absolute Gasteiger partial charge is 0.416 e. The molecule has 0 bridgehead atoms. The average molecular weight is 259 g/mol. The van der Waals surface area contributed by atoms with Gasteiger partial charge in [-0.05, 0) is 18.1 Å². The maximum atomic E-state index is 12.7. The molecule has 100 valence electrons. The molecule has 0 unspecified atom stereocenters. The number of benzene rings is 1. The van der Waals surface area contributed by atoms with Crippen LogP contribution in [0.3, 0.4) is 0 Å². The summed E-state index contributed by atoms with van der Waals surface area (Å²) >= 11 is 0. The molecule has 0 aromatic heterocycles. The first-order valence-electron chi connectivity index (χ1n) is 5.64. The van der Waals surface area contributed by atoms with Gasteiger partial charge in [0.1, 0.15) is 0 Å². The third-order valence-corrected chi connectivity index (χ3v) is 2.30. The molecule has 0 spiro atoms. The van der Waals surface area contributed by atoms with Gasteiger partial charge in [-0.2, -0.15) is 13.2 Å². The highest BCUT2D eigenvalue weighted by Gasteiger charge is 2.32. The van der Waals surface area contributed by atoms with Gasteiger partial charge in [-0.1, -0.05) is 25.1 Å². The first-order chi connectivity index (χ1) is 8.45. The Morgan fingerprint density at radius 2 is 2.00 bits per heavy atom. The van der Waals surface area contributed by atoms with E-state index >= 15 is 0 Å². The highest BCUT2D eigenvalue weighted by atomic mass is 19.4. The molecule has 3 nitrogen and oxygen atoms in total. The summed E-state index contributed by atoms with van der Waals surface area (Å²) in [6, 6.07) is 5.35. The van der Waals surface area contributed by atoms with E-state index in [1.54, 1.807) is 6.07 Å². The molecule has 6 heteroatoms. The molecule has 0 radical (unpaired) electrons. The number of nitrogens with one attached hydrogen (secondary N) is 1. The maximum Gasteiger partial charge on any atom is 0.416 e. The molecule has 18 heavy (non-hydrogen) atoms. The van der Waals surface area contributed by atoms with Gasteiger partial charge in [0.15, 0.2) is 5.96 Å². The Kier molecular flexibility index (Phi) is 5.00. The Hall–Kier alpha value is -1.72. The Morgan fingerprint density at radius 1 is 1.33 bits per heavy atom. The fourth-order valence-corrected chi connectivity index (χ4v) is 1.41. The van der Waals surface area contributed by atoms with Gasteiger partial charge in [-0.25, -0.2) is 4.99 Å². The second-order valence-corrected chi connectivity index (χ2v) is 3.78. The van der Waals surface area contributed by atoms with E-state index in [0.29, 0.717) is 6.54 Å². The Balaban J connectivity index is 2.79. The minimum atomic E-state index is -4.36. The normalized spacial score (nSPS) is 12.6. The molecule has 0 aliphatic rings. The lowest BCUT2D eigenvalue weighted by atomic mass is 10.1. The third kappa shape index (κ3) is 4.27. The molecule has 0 aliphatic heterocycles. The van der Waals surface area contributed by atoms with E-state index in [2.05, 4.69) is 10.3 Å². The van der Waals surface area contributed by atoms with E-state index in [9.17, 15) is 13.2 Å². The lowest BCUT2D eigenvalue weighted by Crippen LogP contribution is -2.32. The van der Waals surface area contributed by atoms with Crippen LogP contribution in [0.4, 0.5) is 13.2 Å². The summed E-state index contributed by atoms with van der Waals surface area (Å²) in [4.78, 5) is 3.89. The number of nitrogens with zero attached hydrogens (tertiary/aromatic N) is 1. The number of hydrogen-bond donors (Lipinski definition) is 2. The molecule has 0 fully saturated rings. The monoisotopic (exact) mass is 259 g/mol. The zero-order valence-electron chi connectivity index (χ0n) is 10.1. The van der Waals surface area contributed by atoms with Gasteiger partial charge in [0.05, 0.1) is 12.1 Å². The first kappa shape index (κ1) is 14.3. The molecule has 0 aliphatic carbocycles. The summed E-state index contributed by atoms with van der Waals surface area (Å²) in [6.45, 7) is 2.52. The van der Waals surface area contributed by atoms with Crippen molar-refractivity contribution in [1.82, 2.24) is 5.32 Å². The quantitative estimate of drug-likeness (QED) is 0.645. The fourth-order valence-electron chi connectivity index (χ4n) is 1.41. The Morgan fingerprint density at radius 3 is 2.61 bits per heavy atom. The predicted octanol–water partition coefficient (Wildman–Crippen LogP) is 2.52.